The van der Waals surface area contributed by atoms with E-state index in [2.05, 4.69) is 10.2 Å². The van der Waals surface area contributed by atoms with Crippen molar-refractivity contribution in [3.63, 3.8) is 0 Å². The lowest BCUT2D eigenvalue weighted by molar-refractivity contribution is -0.130. The number of carbonyl (C=O) groups is 3. The van der Waals surface area contributed by atoms with Gasteiger partial charge in [0, 0.05) is 59.3 Å². The first kappa shape index (κ1) is 19.8. The summed E-state index contributed by atoms with van der Waals surface area (Å²) in [5, 5.41) is 8.29. The van der Waals surface area contributed by atoms with E-state index in [1.54, 1.807) is 33.8 Å². The van der Waals surface area contributed by atoms with Crippen molar-refractivity contribution in [1.29, 1.82) is 0 Å². The Labute approximate surface area is 164 Å². The molecule has 2 fully saturated rings. The number of hydrogen-bond acceptors (Lipinski definition) is 7. The van der Waals surface area contributed by atoms with Gasteiger partial charge in [-0.05, 0) is 19.1 Å². The van der Waals surface area contributed by atoms with Gasteiger partial charge in [0.25, 0.3) is 5.91 Å². The van der Waals surface area contributed by atoms with E-state index in [0.717, 1.165) is 0 Å². The van der Waals surface area contributed by atoms with E-state index in [0.29, 0.717) is 70.5 Å². The minimum atomic E-state index is -0.293. The predicted octanol–water partition coefficient (Wildman–Crippen LogP) is 0.0594. The quantitative estimate of drug-likeness (QED) is 0.720. The first-order chi connectivity index (χ1) is 13.5. The molecular weight excluding hydrogens is 364 g/mol. The molecule has 2 aliphatic heterocycles. The Kier molecular flexibility index (Phi) is 6.27. The number of ether oxygens (including phenoxy) is 1. The highest BCUT2D eigenvalue weighted by Gasteiger charge is 2.26. The van der Waals surface area contributed by atoms with Crippen molar-refractivity contribution < 1.29 is 19.1 Å². The van der Waals surface area contributed by atoms with Crippen molar-refractivity contribution in [2.45, 2.75) is 13.8 Å². The van der Waals surface area contributed by atoms with Crippen LogP contribution in [0.15, 0.2) is 12.1 Å². The standard InChI is InChI=1S/C18H26N6O4/c1-3-28-18(27)24-12-8-22(9-13-24)16-5-4-15(19-20-16)17(26)23-10-6-21(7-11-23)14(2)25/h4-5H,3,6-13H2,1-2H3. The van der Waals surface area contributed by atoms with Gasteiger partial charge in [0.1, 0.15) is 0 Å². The van der Waals surface area contributed by atoms with E-state index >= 15 is 0 Å². The average Bonchev–Trinajstić information content (AvgIpc) is 2.74. The molecule has 0 atom stereocenters. The first-order valence-electron chi connectivity index (χ1n) is 9.54. The van der Waals surface area contributed by atoms with Crippen molar-refractivity contribution in [3.8, 4) is 0 Å². The van der Waals surface area contributed by atoms with Gasteiger partial charge >= 0.3 is 6.09 Å². The van der Waals surface area contributed by atoms with Gasteiger partial charge < -0.3 is 24.3 Å². The van der Waals surface area contributed by atoms with E-state index in [4.69, 9.17) is 4.74 Å². The number of nitrogens with zero attached hydrogens (tertiary/aromatic N) is 6. The maximum Gasteiger partial charge on any atom is 0.409 e. The predicted molar refractivity (Wildman–Crippen MR) is 101 cm³/mol. The summed E-state index contributed by atoms with van der Waals surface area (Å²) >= 11 is 0. The van der Waals surface area contributed by atoms with E-state index in [-0.39, 0.29) is 17.9 Å². The Morgan fingerprint density at radius 2 is 1.50 bits per heavy atom. The summed E-state index contributed by atoms with van der Waals surface area (Å²) in [7, 11) is 0. The Bertz CT molecular complexity index is 709. The fraction of sp³-hybridized carbons (Fsp3) is 0.611. The lowest BCUT2D eigenvalue weighted by Gasteiger charge is -2.35. The molecule has 28 heavy (non-hydrogen) atoms. The van der Waals surface area contributed by atoms with Crippen molar-refractivity contribution in [2.24, 2.45) is 0 Å². The van der Waals surface area contributed by atoms with E-state index < -0.39 is 0 Å². The van der Waals surface area contributed by atoms with Crippen LogP contribution < -0.4 is 4.90 Å². The second-order valence-corrected chi connectivity index (χ2v) is 6.75. The summed E-state index contributed by atoms with van der Waals surface area (Å²) < 4.78 is 5.02. The molecule has 0 N–H and O–H groups in total. The summed E-state index contributed by atoms with van der Waals surface area (Å²) in [4.78, 5) is 42.9. The van der Waals surface area contributed by atoms with Crippen LogP contribution >= 0.6 is 0 Å². The first-order valence-corrected chi connectivity index (χ1v) is 9.54. The Morgan fingerprint density at radius 1 is 0.893 bits per heavy atom. The molecule has 0 aromatic carbocycles. The van der Waals surface area contributed by atoms with Crippen LogP contribution in [0.4, 0.5) is 10.6 Å². The molecule has 0 spiro atoms. The summed E-state index contributed by atoms with van der Waals surface area (Å²) in [5.41, 5.74) is 0.296. The summed E-state index contributed by atoms with van der Waals surface area (Å²) in [5.74, 6) is 0.537. The topological polar surface area (TPSA) is 99.2 Å². The van der Waals surface area contributed by atoms with E-state index in [1.165, 1.54) is 6.92 Å². The number of piperazine rings is 2. The molecule has 2 aliphatic rings. The molecule has 0 unspecified atom stereocenters. The zero-order valence-electron chi connectivity index (χ0n) is 16.3. The van der Waals surface area contributed by atoms with Crippen molar-refractivity contribution >= 4 is 23.7 Å². The molecule has 10 heteroatoms. The van der Waals surface area contributed by atoms with Gasteiger partial charge in [0.05, 0.1) is 6.61 Å². The number of carbonyl (C=O) groups excluding carboxylic acids is 3. The second-order valence-electron chi connectivity index (χ2n) is 6.75. The Hall–Kier alpha value is -2.91. The number of anilines is 1. The lowest BCUT2D eigenvalue weighted by atomic mass is 10.2. The average molecular weight is 390 g/mol. The molecular formula is C18H26N6O4. The van der Waals surface area contributed by atoms with Gasteiger partial charge in [-0.15, -0.1) is 10.2 Å². The van der Waals surface area contributed by atoms with Crippen LogP contribution in [0, 0.1) is 0 Å². The van der Waals surface area contributed by atoms with Gasteiger partial charge in [-0.3, -0.25) is 9.59 Å². The second kappa shape index (κ2) is 8.85. The van der Waals surface area contributed by atoms with Gasteiger partial charge in [0.2, 0.25) is 5.91 Å². The molecule has 1 aromatic heterocycles. The fourth-order valence-corrected chi connectivity index (χ4v) is 3.33. The molecule has 3 rings (SSSR count). The summed E-state index contributed by atoms with van der Waals surface area (Å²) in [6.45, 7) is 8.14. The lowest BCUT2D eigenvalue weighted by Crippen LogP contribution is -2.50. The van der Waals surface area contributed by atoms with Gasteiger partial charge in [-0.25, -0.2) is 4.79 Å². The summed E-state index contributed by atoms with van der Waals surface area (Å²) in [6, 6.07) is 3.46. The minimum absolute atomic E-state index is 0.0271. The fourth-order valence-electron chi connectivity index (χ4n) is 3.33. The van der Waals surface area contributed by atoms with Crippen LogP contribution in [0.5, 0.6) is 0 Å². The highest BCUT2D eigenvalue weighted by Crippen LogP contribution is 2.15. The normalized spacial score (nSPS) is 17.5. The maximum absolute atomic E-state index is 12.6. The van der Waals surface area contributed by atoms with Crippen molar-refractivity contribution in [1.82, 2.24) is 24.9 Å². The molecule has 0 radical (unpaired) electrons. The van der Waals surface area contributed by atoms with E-state index in [9.17, 15) is 14.4 Å². The third-order valence-corrected chi connectivity index (χ3v) is 5.01. The maximum atomic E-state index is 12.6. The number of hydrogen-bond donors (Lipinski definition) is 0. The number of aromatic nitrogens is 2. The van der Waals surface area contributed by atoms with E-state index in [1.807, 2.05) is 4.90 Å². The SMILES string of the molecule is CCOC(=O)N1CCN(c2ccc(C(=O)N3CCN(C(C)=O)CC3)nn2)CC1. The van der Waals surface area contributed by atoms with Crippen LogP contribution in [-0.2, 0) is 9.53 Å². The number of rotatable bonds is 3. The van der Waals surface area contributed by atoms with Crippen LogP contribution in [0.25, 0.3) is 0 Å². The zero-order valence-corrected chi connectivity index (χ0v) is 16.3. The largest absolute Gasteiger partial charge is 0.450 e. The van der Waals surface area contributed by atoms with Crippen LogP contribution in [-0.4, -0.2) is 102 Å². The van der Waals surface area contributed by atoms with Crippen molar-refractivity contribution in [3.05, 3.63) is 17.8 Å². The molecule has 0 bridgehead atoms. The molecule has 3 heterocycles. The molecule has 10 nitrogen and oxygen atoms in total. The van der Waals surface area contributed by atoms with Crippen molar-refractivity contribution in [2.75, 3.05) is 63.9 Å². The molecule has 0 aliphatic carbocycles. The summed E-state index contributed by atoms with van der Waals surface area (Å²) in [6.07, 6.45) is -0.293. The van der Waals surface area contributed by atoms with Gasteiger partial charge in [-0.1, -0.05) is 0 Å². The van der Waals surface area contributed by atoms with Crippen LogP contribution in [0.1, 0.15) is 24.3 Å². The van der Waals surface area contributed by atoms with Crippen LogP contribution in [0.3, 0.4) is 0 Å². The molecule has 3 amide bonds. The third kappa shape index (κ3) is 4.49. The zero-order chi connectivity index (χ0) is 20.1. The smallest absolute Gasteiger partial charge is 0.409 e. The monoisotopic (exact) mass is 390 g/mol. The number of amides is 3. The highest BCUT2D eigenvalue weighted by molar-refractivity contribution is 5.92. The molecule has 1 aromatic rings. The Morgan fingerprint density at radius 3 is 2.04 bits per heavy atom. The highest BCUT2D eigenvalue weighted by atomic mass is 16.6. The molecule has 2 saturated heterocycles. The van der Waals surface area contributed by atoms with Gasteiger partial charge in [0.15, 0.2) is 11.5 Å². The molecule has 0 saturated carbocycles. The Balaban J connectivity index is 1.53. The minimum Gasteiger partial charge on any atom is -0.450 e. The van der Waals surface area contributed by atoms with Crippen LogP contribution in [0.2, 0.25) is 0 Å². The van der Waals surface area contributed by atoms with Gasteiger partial charge in [-0.2, -0.15) is 0 Å². The third-order valence-electron chi connectivity index (χ3n) is 5.01. The molecule has 152 valence electrons.